The zero-order valence-electron chi connectivity index (χ0n) is 10.0. The van der Waals surface area contributed by atoms with E-state index in [1.807, 2.05) is 6.07 Å². The van der Waals surface area contributed by atoms with Crippen molar-refractivity contribution in [2.24, 2.45) is 5.92 Å². The summed E-state index contributed by atoms with van der Waals surface area (Å²) in [5.74, 6) is 1.38. The van der Waals surface area contributed by atoms with Crippen molar-refractivity contribution in [2.45, 2.75) is 38.7 Å². The van der Waals surface area contributed by atoms with Crippen molar-refractivity contribution in [3.63, 3.8) is 0 Å². The van der Waals surface area contributed by atoms with Crippen LogP contribution in [0.2, 0.25) is 0 Å². The van der Waals surface area contributed by atoms with E-state index in [0.29, 0.717) is 35.7 Å². The minimum Gasteiger partial charge on any atom is -0.490 e. The molecule has 0 saturated heterocycles. The van der Waals surface area contributed by atoms with Gasteiger partial charge in [-0.2, -0.15) is 0 Å². The lowest BCUT2D eigenvalue weighted by atomic mass is 10.2. The Morgan fingerprint density at radius 1 is 1.18 bits per heavy atom. The zero-order valence-corrected chi connectivity index (χ0v) is 10.0. The van der Waals surface area contributed by atoms with E-state index >= 15 is 0 Å². The highest BCUT2D eigenvalue weighted by Gasteiger charge is 2.26. The van der Waals surface area contributed by atoms with Gasteiger partial charge in [-0.3, -0.25) is 0 Å². The monoisotopic (exact) mass is 236 g/mol. The molecule has 0 atom stereocenters. The number of rotatable bonds is 5. The third-order valence-corrected chi connectivity index (χ3v) is 3.29. The summed E-state index contributed by atoms with van der Waals surface area (Å²) in [5.41, 5.74) is 0.560. The van der Waals surface area contributed by atoms with Gasteiger partial charge in [0.05, 0.1) is 12.7 Å². The van der Waals surface area contributed by atoms with E-state index in [2.05, 4.69) is 0 Å². The fourth-order valence-electron chi connectivity index (χ4n) is 1.74. The van der Waals surface area contributed by atoms with Crippen molar-refractivity contribution in [1.82, 2.24) is 0 Å². The second kappa shape index (κ2) is 4.21. The van der Waals surface area contributed by atoms with Gasteiger partial charge in [-0.1, -0.05) is 0 Å². The first-order valence-electron chi connectivity index (χ1n) is 6.32. The molecule has 92 valence electrons. The fourth-order valence-corrected chi connectivity index (χ4v) is 1.74. The van der Waals surface area contributed by atoms with Crippen LogP contribution in [-0.4, -0.2) is 12.7 Å². The first-order valence-corrected chi connectivity index (χ1v) is 6.32. The third kappa shape index (κ3) is 2.54. The molecule has 2 nitrogen and oxygen atoms in total. The summed E-state index contributed by atoms with van der Waals surface area (Å²) >= 11 is 0. The summed E-state index contributed by atoms with van der Waals surface area (Å²) in [6, 6.07) is 3.50. The second-order valence-corrected chi connectivity index (χ2v) is 5.07. The lowest BCUT2D eigenvalue weighted by Crippen LogP contribution is -2.04. The van der Waals surface area contributed by atoms with Crippen molar-refractivity contribution in [1.29, 1.82) is 0 Å². The Kier molecular flexibility index (Phi) is 2.69. The predicted molar refractivity (Wildman–Crippen MR) is 63.0 cm³/mol. The molecule has 0 amide bonds. The number of halogens is 1. The molecule has 3 rings (SSSR count). The van der Waals surface area contributed by atoms with Gasteiger partial charge in [0.15, 0.2) is 11.6 Å². The van der Waals surface area contributed by atoms with Gasteiger partial charge in [-0.15, -0.1) is 0 Å². The Morgan fingerprint density at radius 2 is 1.88 bits per heavy atom. The molecule has 0 unspecified atom stereocenters. The molecule has 0 radical (unpaired) electrons. The maximum atomic E-state index is 14.0. The molecule has 2 aliphatic carbocycles. The van der Waals surface area contributed by atoms with Crippen molar-refractivity contribution < 1.29 is 13.9 Å². The summed E-state index contributed by atoms with van der Waals surface area (Å²) in [6.07, 6.45) is 4.89. The van der Waals surface area contributed by atoms with E-state index < -0.39 is 0 Å². The van der Waals surface area contributed by atoms with Crippen LogP contribution in [0.3, 0.4) is 0 Å². The molecule has 0 spiro atoms. The van der Waals surface area contributed by atoms with E-state index in [1.54, 1.807) is 13.0 Å². The average Bonchev–Trinajstić information content (AvgIpc) is 3.17. The molecule has 0 aromatic heterocycles. The number of ether oxygens (including phenoxy) is 2. The molecule has 3 heteroatoms. The Balaban J connectivity index is 1.72. The van der Waals surface area contributed by atoms with Gasteiger partial charge in [-0.25, -0.2) is 4.39 Å². The van der Waals surface area contributed by atoms with Gasteiger partial charge in [0.1, 0.15) is 5.75 Å². The van der Waals surface area contributed by atoms with Gasteiger partial charge in [0, 0.05) is 5.56 Å². The predicted octanol–water partition coefficient (Wildman–Crippen LogP) is 3.46. The van der Waals surface area contributed by atoms with Crippen molar-refractivity contribution in [3.05, 3.63) is 23.5 Å². The Hall–Kier alpha value is -1.25. The normalized spacial score (nSPS) is 19.2. The zero-order chi connectivity index (χ0) is 11.8. The smallest absolute Gasteiger partial charge is 0.171 e. The molecule has 0 heterocycles. The molecule has 0 bridgehead atoms. The van der Waals surface area contributed by atoms with Gasteiger partial charge in [0.25, 0.3) is 0 Å². The standard InChI is InChI=1S/C14H17FO2/c1-9-12(17-11-4-5-11)6-7-13(14(9)15)16-8-10-2-3-10/h6-7,10-11H,2-5,8H2,1H3. The van der Waals surface area contributed by atoms with E-state index in [0.717, 1.165) is 12.8 Å². The van der Waals surface area contributed by atoms with Crippen LogP contribution in [0.25, 0.3) is 0 Å². The van der Waals surface area contributed by atoms with Crippen LogP contribution in [0.15, 0.2) is 12.1 Å². The quantitative estimate of drug-likeness (QED) is 0.779. The molecule has 0 aliphatic heterocycles. The minimum absolute atomic E-state index is 0.274. The van der Waals surface area contributed by atoms with Crippen LogP contribution in [0, 0.1) is 18.7 Å². The Bertz CT molecular complexity index is 422. The molecular weight excluding hydrogens is 219 g/mol. The third-order valence-electron chi connectivity index (χ3n) is 3.29. The van der Waals surface area contributed by atoms with Crippen molar-refractivity contribution >= 4 is 0 Å². The fraction of sp³-hybridized carbons (Fsp3) is 0.571. The summed E-state index contributed by atoms with van der Waals surface area (Å²) in [6.45, 7) is 2.39. The summed E-state index contributed by atoms with van der Waals surface area (Å²) in [7, 11) is 0. The minimum atomic E-state index is -0.274. The highest BCUT2D eigenvalue weighted by atomic mass is 19.1. The highest BCUT2D eigenvalue weighted by Crippen LogP contribution is 2.34. The molecule has 1 aromatic rings. The first-order chi connectivity index (χ1) is 8.24. The van der Waals surface area contributed by atoms with Gasteiger partial charge in [0.2, 0.25) is 0 Å². The van der Waals surface area contributed by atoms with Gasteiger partial charge < -0.3 is 9.47 Å². The average molecular weight is 236 g/mol. The molecule has 2 fully saturated rings. The largest absolute Gasteiger partial charge is 0.490 e. The van der Waals surface area contributed by atoms with Crippen LogP contribution in [0.5, 0.6) is 11.5 Å². The van der Waals surface area contributed by atoms with Crippen LogP contribution in [0.1, 0.15) is 31.2 Å². The van der Waals surface area contributed by atoms with E-state index in [9.17, 15) is 4.39 Å². The highest BCUT2D eigenvalue weighted by molar-refractivity contribution is 5.41. The van der Waals surface area contributed by atoms with Crippen molar-refractivity contribution in [3.8, 4) is 11.5 Å². The molecule has 1 aromatic carbocycles. The number of benzene rings is 1. The molecule has 2 saturated carbocycles. The van der Waals surface area contributed by atoms with E-state index in [1.165, 1.54) is 12.8 Å². The maximum Gasteiger partial charge on any atom is 0.171 e. The SMILES string of the molecule is Cc1c(OC2CC2)ccc(OCC2CC2)c1F. The van der Waals surface area contributed by atoms with Gasteiger partial charge in [-0.05, 0) is 50.7 Å². The number of hydrogen-bond acceptors (Lipinski definition) is 2. The first kappa shape index (κ1) is 10.9. The lowest BCUT2D eigenvalue weighted by Gasteiger charge is -2.12. The van der Waals surface area contributed by atoms with Crippen LogP contribution >= 0.6 is 0 Å². The molecular formula is C14H17FO2. The topological polar surface area (TPSA) is 18.5 Å². The Morgan fingerprint density at radius 3 is 2.53 bits per heavy atom. The molecule has 17 heavy (non-hydrogen) atoms. The van der Waals surface area contributed by atoms with Crippen molar-refractivity contribution in [2.75, 3.05) is 6.61 Å². The van der Waals surface area contributed by atoms with Crippen LogP contribution in [-0.2, 0) is 0 Å². The maximum absolute atomic E-state index is 14.0. The van der Waals surface area contributed by atoms with Crippen LogP contribution in [0.4, 0.5) is 4.39 Å². The van der Waals surface area contributed by atoms with E-state index in [-0.39, 0.29) is 5.82 Å². The molecule has 2 aliphatic rings. The second-order valence-electron chi connectivity index (χ2n) is 5.07. The van der Waals surface area contributed by atoms with Crippen LogP contribution < -0.4 is 9.47 Å². The summed E-state index contributed by atoms with van der Waals surface area (Å²) in [5, 5.41) is 0. The summed E-state index contributed by atoms with van der Waals surface area (Å²) in [4.78, 5) is 0. The number of hydrogen-bond donors (Lipinski definition) is 0. The Labute approximate surface area is 101 Å². The molecule has 0 N–H and O–H groups in total. The van der Waals surface area contributed by atoms with E-state index in [4.69, 9.17) is 9.47 Å². The lowest BCUT2D eigenvalue weighted by molar-refractivity contribution is 0.277. The van der Waals surface area contributed by atoms with Gasteiger partial charge >= 0.3 is 0 Å². The summed E-state index contributed by atoms with van der Waals surface area (Å²) < 4.78 is 25.1.